The zero-order chi connectivity index (χ0) is 14.4. The van der Waals surface area contributed by atoms with E-state index in [4.69, 9.17) is 4.74 Å². The van der Waals surface area contributed by atoms with Gasteiger partial charge in [-0.2, -0.15) is 0 Å². The molecule has 0 aliphatic rings. The lowest BCUT2D eigenvalue weighted by Crippen LogP contribution is -2.21. The molecular formula is C16H21N3O. The number of rotatable bonds is 6. The van der Waals surface area contributed by atoms with Crippen molar-refractivity contribution in [3.8, 4) is 5.75 Å². The lowest BCUT2D eigenvalue weighted by atomic mass is 10.0. The first-order valence-corrected chi connectivity index (χ1v) is 6.89. The van der Waals surface area contributed by atoms with Crippen molar-refractivity contribution in [3.63, 3.8) is 0 Å². The minimum Gasteiger partial charge on any atom is -0.496 e. The summed E-state index contributed by atoms with van der Waals surface area (Å²) in [6, 6.07) is 10.3. The van der Waals surface area contributed by atoms with Gasteiger partial charge in [-0.05, 0) is 25.5 Å². The van der Waals surface area contributed by atoms with Crippen molar-refractivity contribution in [2.75, 3.05) is 7.11 Å². The van der Waals surface area contributed by atoms with Crippen molar-refractivity contribution >= 4 is 0 Å². The molecule has 0 bridgehead atoms. The van der Waals surface area contributed by atoms with Crippen molar-refractivity contribution in [1.29, 1.82) is 0 Å². The van der Waals surface area contributed by atoms with Crippen LogP contribution < -0.4 is 10.1 Å². The molecule has 1 unspecified atom stereocenters. The molecule has 1 aromatic carbocycles. The fourth-order valence-corrected chi connectivity index (χ4v) is 2.26. The van der Waals surface area contributed by atoms with Crippen LogP contribution in [0, 0.1) is 6.92 Å². The number of aryl methyl sites for hydroxylation is 1. The highest BCUT2D eigenvalue weighted by atomic mass is 16.5. The second-order valence-electron chi connectivity index (χ2n) is 4.68. The van der Waals surface area contributed by atoms with Crippen LogP contribution in [-0.2, 0) is 6.54 Å². The molecule has 0 amide bonds. The third-order valence-electron chi connectivity index (χ3n) is 3.29. The van der Waals surface area contributed by atoms with Crippen LogP contribution in [0.4, 0.5) is 0 Å². The molecule has 2 aromatic rings. The predicted octanol–water partition coefficient (Wildman–Crippen LogP) is 3.03. The first-order chi connectivity index (χ1) is 9.74. The third kappa shape index (κ3) is 3.54. The Morgan fingerprint density at radius 1 is 1.25 bits per heavy atom. The number of hydrogen-bond acceptors (Lipinski definition) is 4. The van der Waals surface area contributed by atoms with Crippen LogP contribution in [-0.4, -0.2) is 17.1 Å². The van der Waals surface area contributed by atoms with Gasteiger partial charge in [-0.3, -0.25) is 0 Å². The number of nitrogens with zero attached hydrogens (tertiary/aromatic N) is 2. The van der Waals surface area contributed by atoms with Crippen molar-refractivity contribution in [3.05, 3.63) is 53.6 Å². The number of benzene rings is 1. The van der Waals surface area contributed by atoms with Gasteiger partial charge in [-0.15, -0.1) is 0 Å². The van der Waals surface area contributed by atoms with Gasteiger partial charge in [0.15, 0.2) is 0 Å². The van der Waals surface area contributed by atoms with Crippen LogP contribution in [0.2, 0.25) is 0 Å². The van der Waals surface area contributed by atoms with Gasteiger partial charge in [0, 0.05) is 24.3 Å². The number of para-hydroxylation sites is 1. The van der Waals surface area contributed by atoms with E-state index in [2.05, 4.69) is 28.3 Å². The van der Waals surface area contributed by atoms with E-state index in [1.165, 1.54) is 5.56 Å². The minimum absolute atomic E-state index is 0.251. The molecule has 1 aromatic heterocycles. The number of hydrogen-bond donors (Lipinski definition) is 1. The molecule has 0 saturated heterocycles. The molecule has 0 spiro atoms. The van der Waals surface area contributed by atoms with Gasteiger partial charge < -0.3 is 10.1 Å². The molecule has 1 heterocycles. The van der Waals surface area contributed by atoms with E-state index in [1.807, 2.05) is 31.2 Å². The van der Waals surface area contributed by atoms with Crippen molar-refractivity contribution in [1.82, 2.24) is 15.3 Å². The molecule has 2 rings (SSSR count). The largest absolute Gasteiger partial charge is 0.496 e. The zero-order valence-electron chi connectivity index (χ0n) is 12.3. The predicted molar refractivity (Wildman–Crippen MR) is 79.6 cm³/mol. The van der Waals surface area contributed by atoms with Crippen LogP contribution in [0.25, 0.3) is 0 Å². The maximum Gasteiger partial charge on any atom is 0.125 e. The van der Waals surface area contributed by atoms with E-state index in [-0.39, 0.29) is 6.04 Å². The topological polar surface area (TPSA) is 47.0 Å². The van der Waals surface area contributed by atoms with E-state index in [9.17, 15) is 0 Å². The Hall–Kier alpha value is -1.94. The second-order valence-corrected chi connectivity index (χ2v) is 4.68. The molecular weight excluding hydrogens is 250 g/mol. The average Bonchev–Trinajstić information content (AvgIpc) is 2.48. The highest BCUT2D eigenvalue weighted by molar-refractivity contribution is 5.35. The van der Waals surface area contributed by atoms with Crippen LogP contribution in [0.1, 0.15) is 36.5 Å². The smallest absolute Gasteiger partial charge is 0.125 e. The summed E-state index contributed by atoms with van der Waals surface area (Å²) in [5.74, 6) is 1.72. The third-order valence-corrected chi connectivity index (χ3v) is 3.29. The lowest BCUT2D eigenvalue weighted by Gasteiger charge is -2.19. The normalized spacial score (nSPS) is 12.2. The van der Waals surface area contributed by atoms with Crippen LogP contribution in [0.5, 0.6) is 5.75 Å². The Morgan fingerprint density at radius 2 is 2.05 bits per heavy atom. The van der Waals surface area contributed by atoms with E-state index in [1.54, 1.807) is 13.3 Å². The molecule has 106 valence electrons. The lowest BCUT2D eigenvalue weighted by molar-refractivity contribution is 0.396. The van der Waals surface area contributed by atoms with E-state index in [0.29, 0.717) is 0 Å². The van der Waals surface area contributed by atoms with Crippen molar-refractivity contribution in [2.45, 2.75) is 32.9 Å². The molecule has 4 heteroatoms. The molecule has 0 fully saturated rings. The van der Waals surface area contributed by atoms with Crippen molar-refractivity contribution < 1.29 is 4.74 Å². The average molecular weight is 271 g/mol. The molecule has 0 radical (unpaired) electrons. The van der Waals surface area contributed by atoms with Crippen LogP contribution in [0.3, 0.4) is 0 Å². The van der Waals surface area contributed by atoms with Gasteiger partial charge >= 0.3 is 0 Å². The summed E-state index contributed by atoms with van der Waals surface area (Å²) in [7, 11) is 1.71. The van der Waals surface area contributed by atoms with E-state index in [0.717, 1.165) is 30.2 Å². The summed E-state index contributed by atoms with van der Waals surface area (Å²) in [5, 5.41) is 3.53. The highest BCUT2D eigenvalue weighted by Crippen LogP contribution is 2.26. The van der Waals surface area contributed by atoms with Crippen LogP contribution in [0.15, 0.2) is 36.5 Å². The fourth-order valence-electron chi connectivity index (χ4n) is 2.26. The standard InChI is InChI=1S/C16H21N3O/c1-4-15(14-7-5-6-8-16(14)20-3)18-11-13-9-10-17-12(2)19-13/h5-10,15,18H,4,11H2,1-3H3. The molecule has 1 atom stereocenters. The minimum atomic E-state index is 0.251. The first-order valence-electron chi connectivity index (χ1n) is 6.89. The van der Waals surface area contributed by atoms with Gasteiger partial charge in [-0.25, -0.2) is 9.97 Å². The van der Waals surface area contributed by atoms with E-state index < -0.39 is 0 Å². The quantitative estimate of drug-likeness (QED) is 0.877. The number of aromatic nitrogens is 2. The maximum absolute atomic E-state index is 5.43. The van der Waals surface area contributed by atoms with Gasteiger partial charge in [0.05, 0.1) is 12.8 Å². The van der Waals surface area contributed by atoms with Crippen LogP contribution >= 0.6 is 0 Å². The molecule has 20 heavy (non-hydrogen) atoms. The Kier molecular flexibility index (Phi) is 5.07. The summed E-state index contributed by atoms with van der Waals surface area (Å²) < 4.78 is 5.43. The fraction of sp³-hybridized carbons (Fsp3) is 0.375. The Balaban J connectivity index is 2.09. The van der Waals surface area contributed by atoms with Gasteiger partial charge in [0.25, 0.3) is 0 Å². The Bertz CT molecular complexity index is 557. The summed E-state index contributed by atoms with van der Waals surface area (Å²) >= 11 is 0. The van der Waals surface area contributed by atoms with Crippen molar-refractivity contribution in [2.24, 2.45) is 0 Å². The second kappa shape index (κ2) is 7.01. The highest BCUT2D eigenvalue weighted by Gasteiger charge is 2.13. The maximum atomic E-state index is 5.43. The molecule has 1 N–H and O–H groups in total. The monoisotopic (exact) mass is 271 g/mol. The van der Waals surface area contributed by atoms with Gasteiger partial charge in [0.2, 0.25) is 0 Å². The number of nitrogens with one attached hydrogen (secondary N) is 1. The SMILES string of the molecule is CCC(NCc1ccnc(C)n1)c1ccccc1OC. The first kappa shape index (κ1) is 14.5. The van der Waals surface area contributed by atoms with Gasteiger partial charge in [-0.1, -0.05) is 25.1 Å². The Morgan fingerprint density at radius 3 is 2.75 bits per heavy atom. The number of ether oxygens (including phenoxy) is 1. The van der Waals surface area contributed by atoms with Gasteiger partial charge in [0.1, 0.15) is 11.6 Å². The summed E-state index contributed by atoms with van der Waals surface area (Å²) in [5.41, 5.74) is 2.19. The Labute approximate surface area is 120 Å². The molecule has 0 aliphatic carbocycles. The summed E-state index contributed by atoms with van der Waals surface area (Å²) in [4.78, 5) is 8.52. The molecule has 0 aliphatic heterocycles. The number of methoxy groups -OCH3 is 1. The van der Waals surface area contributed by atoms with E-state index >= 15 is 0 Å². The summed E-state index contributed by atoms with van der Waals surface area (Å²) in [6.45, 7) is 4.79. The molecule has 0 saturated carbocycles. The molecule has 4 nitrogen and oxygen atoms in total. The summed E-state index contributed by atoms with van der Waals surface area (Å²) in [6.07, 6.45) is 2.79. The zero-order valence-corrected chi connectivity index (χ0v) is 12.3.